The van der Waals surface area contributed by atoms with E-state index in [9.17, 15) is 14.7 Å². The molecule has 0 atom stereocenters. The van der Waals surface area contributed by atoms with Gasteiger partial charge in [0.1, 0.15) is 0 Å². The summed E-state index contributed by atoms with van der Waals surface area (Å²) >= 11 is 6.56. The molecule has 1 aliphatic heterocycles. The molecule has 1 amide bonds. The molecular weight excluding hydrogens is 354 g/mol. The van der Waals surface area contributed by atoms with Crippen LogP contribution in [0.25, 0.3) is 6.08 Å². The van der Waals surface area contributed by atoms with Gasteiger partial charge in [0.05, 0.1) is 16.2 Å². The van der Waals surface area contributed by atoms with Gasteiger partial charge in [0.15, 0.2) is 4.32 Å². The van der Waals surface area contributed by atoms with Crippen molar-refractivity contribution in [1.29, 1.82) is 0 Å². The van der Waals surface area contributed by atoms with E-state index in [1.54, 1.807) is 24.3 Å². The van der Waals surface area contributed by atoms with Crippen molar-refractivity contribution < 1.29 is 14.7 Å². The van der Waals surface area contributed by atoms with Gasteiger partial charge in [-0.25, -0.2) is 4.79 Å². The lowest BCUT2D eigenvalue weighted by molar-refractivity contribution is -0.113. The molecule has 0 aromatic heterocycles. The number of thiocarbonyl (C=S) groups is 1. The molecule has 0 bridgehead atoms. The number of carboxylic acids is 1. The molecule has 2 aromatic carbocycles. The van der Waals surface area contributed by atoms with Crippen molar-refractivity contribution in [2.45, 2.75) is 13.8 Å². The summed E-state index contributed by atoms with van der Waals surface area (Å²) in [4.78, 5) is 26.1. The molecule has 1 heterocycles. The summed E-state index contributed by atoms with van der Waals surface area (Å²) in [6.07, 6.45) is 1.59. The molecule has 2 aromatic rings. The predicted octanol–water partition coefficient (Wildman–Crippen LogP) is 4.41. The van der Waals surface area contributed by atoms with E-state index in [0.29, 0.717) is 14.8 Å². The zero-order chi connectivity index (χ0) is 18.1. The first-order valence-corrected chi connectivity index (χ1v) is 8.78. The molecular formula is C19H15NO3S2. The van der Waals surface area contributed by atoms with Gasteiger partial charge in [-0.05, 0) is 43.2 Å². The zero-order valence-corrected chi connectivity index (χ0v) is 15.3. The number of rotatable bonds is 3. The lowest BCUT2D eigenvalue weighted by Crippen LogP contribution is -2.28. The Balaban J connectivity index is 2.01. The first kappa shape index (κ1) is 17.4. The topological polar surface area (TPSA) is 57.6 Å². The average molecular weight is 369 g/mol. The largest absolute Gasteiger partial charge is 0.478 e. The molecule has 4 nitrogen and oxygen atoms in total. The third-order valence-electron chi connectivity index (χ3n) is 3.86. The van der Waals surface area contributed by atoms with Crippen LogP contribution in [-0.4, -0.2) is 21.3 Å². The molecule has 0 spiro atoms. The normalized spacial score (nSPS) is 15.9. The summed E-state index contributed by atoms with van der Waals surface area (Å²) in [7, 11) is 0. The van der Waals surface area contributed by atoms with Crippen LogP contribution in [0.5, 0.6) is 0 Å². The molecule has 0 aliphatic carbocycles. The maximum atomic E-state index is 12.8. The molecule has 1 saturated heterocycles. The summed E-state index contributed by atoms with van der Waals surface area (Å²) in [6, 6.07) is 12.4. The number of carbonyl (C=O) groups is 2. The SMILES string of the molecule is Cc1ccc(N2C(=O)/C(=C/c3ccccc3C(=O)O)SC2=S)c(C)c1. The van der Waals surface area contributed by atoms with E-state index in [1.807, 2.05) is 32.0 Å². The van der Waals surface area contributed by atoms with Crippen LogP contribution in [-0.2, 0) is 4.79 Å². The fraction of sp³-hybridized carbons (Fsp3) is 0.105. The third kappa shape index (κ3) is 3.36. The molecule has 25 heavy (non-hydrogen) atoms. The Morgan fingerprint density at radius 3 is 2.60 bits per heavy atom. The predicted molar refractivity (Wildman–Crippen MR) is 105 cm³/mol. The van der Waals surface area contributed by atoms with E-state index in [-0.39, 0.29) is 11.5 Å². The summed E-state index contributed by atoms with van der Waals surface area (Å²) in [5.41, 5.74) is 3.46. The van der Waals surface area contributed by atoms with Gasteiger partial charge >= 0.3 is 5.97 Å². The second kappa shape index (κ2) is 6.82. The van der Waals surface area contributed by atoms with Crippen molar-refractivity contribution in [1.82, 2.24) is 0 Å². The van der Waals surface area contributed by atoms with Crippen molar-refractivity contribution in [2.24, 2.45) is 0 Å². The van der Waals surface area contributed by atoms with E-state index in [0.717, 1.165) is 16.8 Å². The van der Waals surface area contributed by atoms with Gasteiger partial charge in [0.25, 0.3) is 5.91 Å². The molecule has 0 unspecified atom stereocenters. The molecule has 126 valence electrons. The van der Waals surface area contributed by atoms with Gasteiger partial charge in [0.2, 0.25) is 0 Å². The smallest absolute Gasteiger partial charge is 0.336 e. The van der Waals surface area contributed by atoms with Crippen molar-refractivity contribution in [3.8, 4) is 0 Å². The number of aromatic carboxylic acids is 1. The number of amides is 1. The lowest BCUT2D eigenvalue weighted by Gasteiger charge is -2.17. The van der Waals surface area contributed by atoms with Crippen LogP contribution in [0.3, 0.4) is 0 Å². The Kier molecular flexibility index (Phi) is 4.74. The lowest BCUT2D eigenvalue weighted by atomic mass is 10.1. The Hall–Kier alpha value is -2.44. The van der Waals surface area contributed by atoms with Gasteiger partial charge in [-0.3, -0.25) is 9.69 Å². The second-order valence-corrected chi connectivity index (χ2v) is 7.38. The minimum Gasteiger partial charge on any atom is -0.478 e. The fourth-order valence-electron chi connectivity index (χ4n) is 2.69. The average Bonchev–Trinajstić information content (AvgIpc) is 2.82. The van der Waals surface area contributed by atoms with Gasteiger partial charge in [-0.1, -0.05) is 59.9 Å². The number of carboxylic acid groups (broad SMARTS) is 1. The van der Waals surface area contributed by atoms with E-state index in [2.05, 4.69) is 0 Å². The highest BCUT2D eigenvalue weighted by Gasteiger charge is 2.34. The van der Waals surface area contributed by atoms with Crippen molar-refractivity contribution >= 4 is 51.9 Å². The summed E-state index contributed by atoms with van der Waals surface area (Å²) in [6.45, 7) is 3.92. The molecule has 0 radical (unpaired) electrons. The van der Waals surface area contributed by atoms with Gasteiger partial charge < -0.3 is 5.11 Å². The third-order valence-corrected chi connectivity index (χ3v) is 5.17. The Bertz CT molecular complexity index is 934. The van der Waals surface area contributed by atoms with Crippen LogP contribution in [0.15, 0.2) is 47.4 Å². The zero-order valence-electron chi connectivity index (χ0n) is 13.6. The number of hydrogen-bond donors (Lipinski definition) is 1. The van der Waals surface area contributed by atoms with Crippen LogP contribution >= 0.6 is 24.0 Å². The Morgan fingerprint density at radius 1 is 1.20 bits per heavy atom. The summed E-state index contributed by atoms with van der Waals surface area (Å²) < 4.78 is 0.441. The molecule has 6 heteroatoms. The van der Waals surface area contributed by atoms with Gasteiger partial charge in [-0.15, -0.1) is 0 Å². The molecule has 1 fully saturated rings. The number of nitrogens with zero attached hydrogens (tertiary/aromatic N) is 1. The Morgan fingerprint density at radius 2 is 1.92 bits per heavy atom. The fourth-order valence-corrected chi connectivity index (χ4v) is 3.97. The van der Waals surface area contributed by atoms with E-state index in [1.165, 1.54) is 22.7 Å². The maximum Gasteiger partial charge on any atom is 0.336 e. The summed E-state index contributed by atoms with van der Waals surface area (Å²) in [5, 5.41) is 9.29. The monoisotopic (exact) mass is 369 g/mol. The second-order valence-electron chi connectivity index (χ2n) is 5.70. The van der Waals surface area contributed by atoms with Crippen LogP contribution < -0.4 is 4.90 Å². The number of carbonyl (C=O) groups excluding carboxylic acids is 1. The maximum absolute atomic E-state index is 12.8. The first-order valence-electron chi connectivity index (χ1n) is 7.56. The van der Waals surface area contributed by atoms with Crippen molar-refractivity contribution in [2.75, 3.05) is 4.90 Å². The first-order chi connectivity index (χ1) is 11.9. The van der Waals surface area contributed by atoms with E-state index < -0.39 is 5.97 Å². The molecule has 1 N–H and O–H groups in total. The number of anilines is 1. The number of thioether (sulfide) groups is 1. The number of aryl methyl sites for hydroxylation is 2. The molecule has 3 rings (SSSR count). The minimum absolute atomic E-state index is 0.152. The van der Waals surface area contributed by atoms with Gasteiger partial charge in [-0.2, -0.15) is 0 Å². The van der Waals surface area contributed by atoms with Crippen LogP contribution in [0.1, 0.15) is 27.0 Å². The van der Waals surface area contributed by atoms with Crippen LogP contribution in [0.2, 0.25) is 0 Å². The van der Waals surface area contributed by atoms with Crippen molar-refractivity contribution in [3.63, 3.8) is 0 Å². The highest BCUT2D eigenvalue weighted by atomic mass is 32.2. The molecule has 1 aliphatic rings. The van der Waals surface area contributed by atoms with E-state index in [4.69, 9.17) is 12.2 Å². The number of hydrogen-bond acceptors (Lipinski definition) is 4. The minimum atomic E-state index is -1.03. The molecule has 0 saturated carbocycles. The number of benzene rings is 2. The Labute approximate surface area is 155 Å². The standard InChI is InChI=1S/C19H15NO3S2/c1-11-7-8-15(12(2)9-11)20-17(21)16(25-19(20)24)10-13-5-3-4-6-14(13)18(22)23/h3-10H,1-2H3,(H,22,23)/b16-10-. The quantitative estimate of drug-likeness (QED) is 0.642. The highest BCUT2D eigenvalue weighted by molar-refractivity contribution is 8.27. The van der Waals surface area contributed by atoms with Crippen LogP contribution in [0, 0.1) is 13.8 Å². The van der Waals surface area contributed by atoms with Gasteiger partial charge in [0, 0.05) is 0 Å². The van der Waals surface area contributed by atoms with Crippen LogP contribution in [0.4, 0.5) is 5.69 Å². The van der Waals surface area contributed by atoms with Crippen molar-refractivity contribution in [3.05, 3.63) is 69.6 Å². The van der Waals surface area contributed by atoms with E-state index >= 15 is 0 Å². The summed E-state index contributed by atoms with van der Waals surface area (Å²) in [5.74, 6) is -1.26. The highest BCUT2D eigenvalue weighted by Crippen LogP contribution is 2.37.